The Bertz CT molecular complexity index is 705. The summed E-state index contributed by atoms with van der Waals surface area (Å²) >= 11 is 11.9. The Morgan fingerprint density at radius 2 is 1.95 bits per heavy atom. The van der Waals surface area contributed by atoms with Crippen LogP contribution < -0.4 is 10.2 Å². The third-order valence-corrected chi connectivity index (χ3v) is 4.24. The number of carbonyl (C=O) groups is 1. The lowest BCUT2D eigenvalue weighted by Gasteiger charge is -2.17. The van der Waals surface area contributed by atoms with Gasteiger partial charge in [-0.3, -0.25) is 4.79 Å². The average molecular weight is 337 g/mol. The molecule has 1 amide bonds. The second kappa shape index (κ2) is 6.10. The molecule has 1 aliphatic rings. The SMILES string of the molecule is Cc1cnc(NC2CCN(c3ccc(Cl)c(Cl)c3)C2=O)nc1. The zero-order chi connectivity index (χ0) is 15.7. The summed E-state index contributed by atoms with van der Waals surface area (Å²) in [6.07, 6.45) is 4.10. The zero-order valence-corrected chi connectivity index (χ0v) is 13.4. The van der Waals surface area contributed by atoms with Crippen molar-refractivity contribution < 1.29 is 4.79 Å². The number of aromatic nitrogens is 2. The van der Waals surface area contributed by atoms with Crippen molar-refractivity contribution in [3.05, 3.63) is 46.2 Å². The van der Waals surface area contributed by atoms with Gasteiger partial charge in [-0.25, -0.2) is 9.97 Å². The molecule has 3 rings (SSSR count). The van der Waals surface area contributed by atoms with Crippen molar-refractivity contribution in [3.8, 4) is 0 Å². The van der Waals surface area contributed by atoms with Gasteiger partial charge in [0.15, 0.2) is 0 Å². The summed E-state index contributed by atoms with van der Waals surface area (Å²) in [7, 11) is 0. The fraction of sp³-hybridized carbons (Fsp3) is 0.267. The maximum atomic E-state index is 12.5. The smallest absolute Gasteiger partial charge is 0.249 e. The van der Waals surface area contributed by atoms with Crippen molar-refractivity contribution in [1.82, 2.24) is 9.97 Å². The minimum absolute atomic E-state index is 0.0254. The van der Waals surface area contributed by atoms with Gasteiger partial charge in [-0.15, -0.1) is 0 Å². The van der Waals surface area contributed by atoms with E-state index in [2.05, 4.69) is 15.3 Å². The highest BCUT2D eigenvalue weighted by atomic mass is 35.5. The predicted molar refractivity (Wildman–Crippen MR) is 87.6 cm³/mol. The first-order valence-electron chi connectivity index (χ1n) is 6.86. The summed E-state index contributed by atoms with van der Waals surface area (Å²) < 4.78 is 0. The number of aryl methyl sites for hydroxylation is 1. The molecule has 22 heavy (non-hydrogen) atoms. The fourth-order valence-electron chi connectivity index (χ4n) is 2.35. The second-order valence-corrected chi connectivity index (χ2v) is 5.97. The van der Waals surface area contributed by atoms with Crippen LogP contribution in [0.3, 0.4) is 0 Å². The van der Waals surface area contributed by atoms with Crippen molar-refractivity contribution in [3.63, 3.8) is 0 Å². The molecule has 1 unspecified atom stereocenters. The van der Waals surface area contributed by atoms with E-state index in [0.717, 1.165) is 11.3 Å². The normalized spacial score (nSPS) is 17.9. The number of hydrogen-bond donors (Lipinski definition) is 1. The highest BCUT2D eigenvalue weighted by Crippen LogP contribution is 2.30. The summed E-state index contributed by atoms with van der Waals surface area (Å²) in [6.45, 7) is 2.52. The van der Waals surface area contributed by atoms with Gasteiger partial charge in [0.1, 0.15) is 6.04 Å². The van der Waals surface area contributed by atoms with E-state index in [4.69, 9.17) is 23.2 Å². The number of nitrogens with zero attached hydrogens (tertiary/aromatic N) is 3. The van der Waals surface area contributed by atoms with Gasteiger partial charge < -0.3 is 10.2 Å². The first kappa shape index (κ1) is 15.1. The number of hydrogen-bond acceptors (Lipinski definition) is 4. The van der Waals surface area contributed by atoms with Gasteiger partial charge in [-0.1, -0.05) is 23.2 Å². The van der Waals surface area contributed by atoms with Crippen molar-refractivity contribution in [2.45, 2.75) is 19.4 Å². The van der Waals surface area contributed by atoms with E-state index in [0.29, 0.717) is 29.0 Å². The highest BCUT2D eigenvalue weighted by molar-refractivity contribution is 6.42. The van der Waals surface area contributed by atoms with Gasteiger partial charge in [0.2, 0.25) is 11.9 Å². The van der Waals surface area contributed by atoms with Crippen LogP contribution in [-0.4, -0.2) is 28.5 Å². The Kier molecular flexibility index (Phi) is 4.18. The number of rotatable bonds is 3. The maximum absolute atomic E-state index is 12.5. The van der Waals surface area contributed by atoms with Crippen LogP contribution in [0.4, 0.5) is 11.6 Å². The molecule has 1 atom stereocenters. The van der Waals surface area contributed by atoms with E-state index in [1.54, 1.807) is 35.5 Å². The van der Waals surface area contributed by atoms with E-state index in [1.807, 2.05) is 6.92 Å². The standard InChI is InChI=1S/C15H14Cl2N4O/c1-9-7-18-15(19-8-9)20-13-4-5-21(14(13)22)10-2-3-11(16)12(17)6-10/h2-3,6-8,13H,4-5H2,1H3,(H,18,19,20). The van der Waals surface area contributed by atoms with Crippen LogP contribution in [-0.2, 0) is 4.79 Å². The van der Waals surface area contributed by atoms with Crippen LogP contribution in [0.25, 0.3) is 0 Å². The van der Waals surface area contributed by atoms with Gasteiger partial charge in [0, 0.05) is 24.6 Å². The largest absolute Gasteiger partial charge is 0.342 e. The van der Waals surface area contributed by atoms with E-state index in [9.17, 15) is 4.79 Å². The Labute approximate surface area is 138 Å². The fourth-order valence-corrected chi connectivity index (χ4v) is 2.64. The first-order valence-corrected chi connectivity index (χ1v) is 7.62. The molecule has 1 N–H and O–H groups in total. The van der Waals surface area contributed by atoms with Crippen LogP contribution in [0.15, 0.2) is 30.6 Å². The molecular formula is C15H14Cl2N4O. The van der Waals surface area contributed by atoms with Crippen molar-refractivity contribution in [2.24, 2.45) is 0 Å². The number of carbonyl (C=O) groups excluding carboxylic acids is 1. The summed E-state index contributed by atoms with van der Waals surface area (Å²) in [4.78, 5) is 22.5. The molecule has 114 valence electrons. The molecule has 5 nitrogen and oxygen atoms in total. The molecule has 7 heteroatoms. The number of amides is 1. The van der Waals surface area contributed by atoms with Crippen molar-refractivity contribution >= 4 is 40.7 Å². The van der Waals surface area contributed by atoms with Crippen LogP contribution in [0, 0.1) is 6.92 Å². The summed E-state index contributed by atoms with van der Waals surface area (Å²) in [5, 5.41) is 3.98. The number of benzene rings is 1. The molecule has 0 aliphatic carbocycles. The second-order valence-electron chi connectivity index (χ2n) is 5.16. The van der Waals surface area contributed by atoms with Gasteiger partial charge >= 0.3 is 0 Å². The van der Waals surface area contributed by atoms with Crippen LogP contribution >= 0.6 is 23.2 Å². The molecular weight excluding hydrogens is 323 g/mol. The van der Waals surface area contributed by atoms with Gasteiger partial charge in [0.25, 0.3) is 0 Å². The Hall–Kier alpha value is -1.85. The average Bonchev–Trinajstić information content (AvgIpc) is 2.86. The molecule has 1 aliphatic heterocycles. The quantitative estimate of drug-likeness (QED) is 0.934. The molecule has 0 bridgehead atoms. The lowest BCUT2D eigenvalue weighted by atomic mass is 10.2. The van der Waals surface area contributed by atoms with Crippen LogP contribution in [0.1, 0.15) is 12.0 Å². The van der Waals surface area contributed by atoms with Crippen LogP contribution in [0.2, 0.25) is 10.0 Å². The van der Waals surface area contributed by atoms with E-state index in [1.165, 1.54) is 0 Å². The van der Waals surface area contributed by atoms with Crippen molar-refractivity contribution in [1.29, 1.82) is 0 Å². The van der Waals surface area contributed by atoms with Crippen molar-refractivity contribution in [2.75, 3.05) is 16.8 Å². The topological polar surface area (TPSA) is 58.1 Å². The summed E-state index contributed by atoms with van der Waals surface area (Å²) in [5.74, 6) is 0.433. The van der Waals surface area contributed by atoms with E-state index < -0.39 is 0 Å². The molecule has 2 aromatic rings. The molecule has 0 spiro atoms. The number of halogens is 2. The third kappa shape index (κ3) is 3.00. The maximum Gasteiger partial charge on any atom is 0.249 e. The Morgan fingerprint density at radius 3 is 2.64 bits per heavy atom. The Morgan fingerprint density at radius 1 is 1.23 bits per heavy atom. The predicted octanol–water partition coefficient (Wildman–Crippen LogP) is 3.31. The van der Waals surface area contributed by atoms with Gasteiger partial charge in [-0.2, -0.15) is 0 Å². The molecule has 1 fully saturated rings. The minimum Gasteiger partial charge on any atom is -0.342 e. The van der Waals surface area contributed by atoms with E-state index >= 15 is 0 Å². The molecule has 0 saturated carbocycles. The number of anilines is 2. The van der Waals surface area contributed by atoms with Crippen LogP contribution in [0.5, 0.6) is 0 Å². The first-order chi connectivity index (χ1) is 10.5. The number of nitrogens with one attached hydrogen (secondary N) is 1. The molecule has 1 aromatic heterocycles. The molecule has 1 saturated heterocycles. The summed E-state index contributed by atoms with van der Waals surface area (Å²) in [5.41, 5.74) is 1.72. The third-order valence-electron chi connectivity index (χ3n) is 3.50. The molecule has 2 heterocycles. The minimum atomic E-state index is -0.336. The van der Waals surface area contributed by atoms with E-state index in [-0.39, 0.29) is 11.9 Å². The van der Waals surface area contributed by atoms with Gasteiger partial charge in [0.05, 0.1) is 10.0 Å². The zero-order valence-electron chi connectivity index (χ0n) is 11.9. The van der Waals surface area contributed by atoms with Gasteiger partial charge in [-0.05, 0) is 37.1 Å². The molecule has 1 aromatic carbocycles. The lowest BCUT2D eigenvalue weighted by Crippen LogP contribution is -2.33. The molecule has 0 radical (unpaired) electrons. The highest BCUT2D eigenvalue weighted by Gasteiger charge is 2.33. The summed E-state index contributed by atoms with van der Waals surface area (Å²) in [6, 6.07) is 4.84. The Balaban J connectivity index is 1.74. The monoisotopic (exact) mass is 336 g/mol. The lowest BCUT2D eigenvalue weighted by molar-refractivity contribution is -0.117.